The summed E-state index contributed by atoms with van der Waals surface area (Å²) in [5, 5.41) is 0. The van der Waals surface area contributed by atoms with Gasteiger partial charge in [-0.25, -0.2) is 4.39 Å². The lowest BCUT2D eigenvalue weighted by Crippen LogP contribution is -2.29. The van der Waals surface area contributed by atoms with E-state index < -0.39 is 12.2 Å². The first-order valence-corrected chi connectivity index (χ1v) is 5.04. The summed E-state index contributed by atoms with van der Waals surface area (Å²) >= 11 is 0. The molecule has 1 aromatic carbocycles. The van der Waals surface area contributed by atoms with Crippen molar-refractivity contribution in [1.82, 2.24) is 0 Å². The van der Waals surface area contributed by atoms with E-state index in [0.29, 0.717) is 17.1 Å². The van der Waals surface area contributed by atoms with Crippen LogP contribution in [0.1, 0.15) is 25.0 Å². The normalized spacial score (nSPS) is 11.4. The van der Waals surface area contributed by atoms with Crippen molar-refractivity contribution in [2.75, 3.05) is 14.2 Å². The molecular weight excluding hydrogens is 209 g/mol. The third kappa shape index (κ3) is 2.44. The molecule has 3 nitrogen and oxygen atoms in total. The highest BCUT2D eigenvalue weighted by atomic mass is 19.1. The lowest BCUT2D eigenvalue weighted by molar-refractivity contribution is 0.373. The van der Waals surface area contributed by atoms with Crippen molar-refractivity contribution in [2.24, 2.45) is 5.73 Å². The molecule has 0 radical (unpaired) electrons. The predicted molar refractivity (Wildman–Crippen MR) is 61.6 cm³/mol. The van der Waals surface area contributed by atoms with E-state index in [4.69, 9.17) is 15.2 Å². The van der Waals surface area contributed by atoms with Crippen molar-refractivity contribution in [1.29, 1.82) is 0 Å². The average molecular weight is 227 g/mol. The Morgan fingerprint density at radius 2 is 1.75 bits per heavy atom. The number of halogens is 1. The van der Waals surface area contributed by atoms with Gasteiger partial charge in [-0.3, -0.25) is 0 Å². The Morgan fingerprint density at radius 3 is 2.12 bits per heavy atom. The molecule has 0 bridgehead atoms. The zero-order valence-electron chi connectivity index (χ0n) is 10.1. The highest BCUT2D eigenvalue weighted by Crippen LogP contribution is 2.34. The van der Waals surface area contributed by atoms with Crippen LogP contribution < -0.4 is 15.2 Å². The van der Waals surface area contributed by atoms with Gasteiger partial charge in [0.2, 0.25) is 0 Å². The fourth-order valence-electron chi connectivity index (χ4n) is 1.57. The Hall–Kier alpha value is -1.29. The number of rotatable bonds is 4. The molecule has 2 N–H and O–H groups in total. The number of methoxy groups -OCH3 is 2. The van der Waals surface area contributed by atoms with Crippen molar-refractivity contribution in [3.05, 3.63) is 23.3 Å². The maximum atomic E-state index is 12.8. The third-order valence-electron chi connectivity index (χ3n) is 2.44. The summed E-state index contributed by atoms with van der Waals surface area (Å²) in [4.78, 5) is 0. The van der Waals surface area contributed by atoms with Gasteiger partial charge in [-0.2, -0.15) is 0 Å². The third-order valence-corrected chi connectivity index (χ3v) is 2.44. The first-order chi connectivity index (χ1) is 7.43. The standard InChI is InChI=1S/C12H18FNO2/c1-12(2,14)9-6-10(15-3)8(7-13)5-11(9)16-4/h5-6H,7,14H2,1-4H3. The largest absolute Gasteiger partial charge is 0.496 e. The molecule has 4 heteroatoms. The lowest BCUT2D eigenvalue weighted by Gasteiger charge is -2.23. The van der Waals surface area contributed by atoms with E-state index in [-0.39, 0.29) is 0 Å². The summed E-state index contributed by atoms with van der Waals surface area (Å²) in [6.07, 6.45) is 0. The van der Waals surface area contributed by atoms with Crippen LogP contribution in [0.4, 0.5) is 4.39 Å². The second-order valence-electron chi connectivity index (χ2n) is 4.22. The van der Waals surface area contributed by atoms with E-state index in [1.165, 1.54) is 7.11 Å². The molecule has 0 fully saturated rings. The topological polar surface area (TPSA) is 44.5 Å². The average Bonchev–Trinajstić information content (AvgIpc) is 2.25. The first kappa shape index (κ1) is 12.8. The maximum absolute atomic E-state index is 12.8. The quantitative estimate of drug-likeness (QED) is 0.858. The maximum Gasteiger partial charge on any atom is 0.125 e. The van der Waals surface area contributed by atoms with Gasteiger partial charge in [-0.05, 0) is 26.0 Å². The van der Waals surface area contributed by atoms with Crippen molar-refractivity contribution >= 4 is 0 Å². The van der Waals surface area contributed by atoms with Crippen molar-refractivity contribution < 1.29 is 13.9 Å². The van der Waals surface area contributed by atoms with E-state index >= 15 is 0 Å². The fourth-order valence-corrected chi connectivity index (χ4v) is 1.57. The van der Waals surface area contributed by atoms with Gasteiger partial charge in [-0.15, -0.1) is 0 Å². The van der Waals surface area contributed by atoms with Gasteiger partial charge >= 0.3 is 0 Å². The number of hydrogen-bond acceptors (Lipinski definition) is 3. The summed E-state index contributed by atoms with van der Waals surface area (Å²) in [6, 6.07) is 3.36. The summed E-state index contributed by atoms with van der Waals surface area (Å²) in [5.41, 5.74) is 6.72. The monoisotopic (exact) mass is 227 g/mol. The first-order valence-electron chi connectivity index (χ1n) is 5.04. The second kappa shape index (κ2) is 4.70. The lowest BCUT2D eigenvalue weighted by atomic mass is 9.93. The summed E-state index contributed by atoms with van der Waals surface area (Å²) in [5.74, 6) is 1.08. The summed E-state index contributed by atoms with van der Waals surface area (Å²) in [6.45, 7) is 3.13. The zero-order valence-corrected chi connectivity index (χ0v) is 10.1. The SMILES string of the molecule is COc1cc(C(C)(C)N)c(OC)cc1CF. The van der Waals surface area contributed by atoms with Crippen molar-refractivity contribution in [3.8, 4) is 11.5 Å². The van der Waals surface area contributed by atoms with Gasteiger partial charge in [0.25, 0.3) is 0 Å². The molecule has 0 aliphatic carbocycles. The van der Waals surface area contributed by atoms with Crippen LogP contribution in [0.5, 0.6) is 11.5 Å². The number of hydrogen-bond donors (Lipinski definition) is 1. The molecule has 0 spiro atoms. The molecule has 0 saturated carbocycles. The van der Waals surface area contributed by atoms with Gasteiger partial charge < -0.3 is 15.2 Å². The molecular formula is C12H18FNO2. The highest BCUT2D eigenvalue weighted by Gasteiger charge is 2.22. The summed E-state index contributed by atoms with van der Waals surface area (Å²) in [7, 11) is 3.05. The molecule has 0 saturated heterocycles. The van der Waals surface area contributed by atoms with E-state index in [1.807, 2.05) is 13.8 Å². The van der Waals surface area contributed by atoms with Crippen LogP contribution in [0.15, 0.2) is 12.1 Å². The molecule has 0 heterocycles. The van der Waals surface area contributed by atoms with Gasteiger partial charge in [0.15, 0.2) is 0 Å². The van der Waals surface area contributed by atoms with Crippen LogP contribution in [-0.4, -0.2) is 14.2 Å². The number of ether oxygens (including phenoxy) is 2. The Morgan fingerprint density at radius 1 is 1.19 bits per heavy atom. The van der Waals surface area contributed by atoms with Crippen molar-refractivity contribution in [3.63, 3.8) is 0 Å². The molecule has 0 atom stereocenters. The van der Waals surface area contributed by atoms with Gasteiger partial charge in [0, 0.05) is 16.7 Å². The second-order valence-corrected chi connectivity index (χ2v) is 4.22. The molecule has 0 amide bonds. The minimum Gasteiger partial charge on any atom is -0.496 e. The van der Waals surface area contributed by atoms with E-state index in [0.717, 1.165) is 5.56 Å². The van der Waals surface area contributed by atoms with Gasteiger partial charge in [-0.1, -0.05) is 0 Å². The Bertz CT molecular complexity index is 372. The van der Waals surface area contributed by atoms with Crippen LogP contribution in [0.2, 0.25) is 0 Å². The highest BCUT2D eigenvalue weighted by molar-refractivity contribution is 5.48. The molecule has 90 valence electrons. The van der Waals surface area contributed by atoms with Crippen LogP contribution in [0.3, 0.4) is 0 Å². The Labute approximate surface area is 95.4 Å². The molecule has 0 unspecified atom stereocenters. The molecule has 1 rings (SSSR count). The Balaban J connectivity index is 3.38. The van der Waals surface area contributed by atoms with E-state index in [2.05, 4.69) is 0 Å². The van der Waals surface area contributed by atoms with Crippen LogP contribution in [0.25, 0.3) is 0 Å². The van der Waals surface area contributed by atoms with Crippen molar-refractivity contribution in [2.45, 2.75) is 26.1 Å². The predicted octanol–water partition coefficient (Wildman–Crippen LogP) is 2.37. The van der Waals surface area contributed by atoms with E-state index in [1.54, 1.807) is 19.2 Å². The number of alkyl halides is 1. The van der Waals surface area contributed by atoms with E-state index in [9.17, 15) is 4.39 Å². The number of nitrogens with two attached hydrogens (primary N) is 1. The number of benzene rings is 1. The molecule has 1 aromatic rings. The molecule has 0 aliphatic rings. The minimum atomic E-state index is -0.592. The van der Waals surface area contributed by atoms with Gasteiger partial charge in [0.05, 0.1) is 14.2 Å². The molecule has 16 heavy (non-hydrogen) atoms. The van der Waals surface area contributed by atoms with Gasteiger partial charge in [0.1, 0.15) is 18.2 Å². The smallest absolute Gasteiger partial charge is 0.125 e. The van der Waals surface area contributed by atoms with Crippen LogP contribution >= 0.6 is 0 Å². The minimum absolute atomic E-state index is 0.465. The molecule has 0 aliphatic heterocycles. The fraction of sp³-hybridized carbons (Fsp3) is 0.500. The van der Waals surface area contributed by atoms with Crippen LogP contribution in [-0.2, 0) is 12.2 Å². The summed E-state index contributed by atoms with van der Waals surface area (Å²) < 4.78 is 23.1. The Kier molecular flexibility index (Phi) is 3.75. The van der Waals surface area contributed by atoms with Crippen LogP contribution in [0, 0.1) is 0 Å². The molecule has 0 aromatic heterocycles. The zero-order chi connectivity index (χ0) is 12.3.